The standard InChI is InChI=1S/C15H19N3O4/c1-11(19)17-4-6-18(7-5-17)15(20)9-16-12-2-3-13-14(8-12)22-10-21-13/h2-3,8,16H,4-7,9-10H2,1H3. The van der Waals surface area contributed by atoms with Gasteiger partial charge in [-0.1, -0.05) is 0 Å². The van der Waals surface area contributed by atoms with E-state index in [2.05, 4.69) is 5.32 Å². The Morgan fingerprint density at radius 2 is 1.77 bits per heavy atom. The molecule has 1 aromatic carbocycles. The minimum atomic E-state index is 0.0286. The molecule has 1 saturated heterocycles. The molecule has 1 N–H and O–H groups in total. The maximum atomic E-state index is 12.2. The lowest BCUT2D eigenvalue weighted by molar-refractivity contribution is -0.137. The summed E-state index contributed by atoms with van der Waals surface area (Å²) in [6.45, 7) is 4.38. The molecule has 2 aliphatic heterocycles. The second-order valence-corrected chi connectivity index (χ2v) is 5.31. The summed E-state index contributed by atoms with van der Waals surface area (Å²) in [7, 11) is 0. The molecule has 3 rings (SSSR count). The number of carbonyl (C=O) groups is 2. The van der Waals surface area contributed by atoms with Crippen molar-refractivity contribution in [3.8, 4) is 11.5 Å². The highest BCUT2D eigenvalue weighted by Gasteiger charge is 2.22. The molecule has 7 nitrogen and oxygen atoms in total. The molecule has 1 aromatic rings. The Morgan fingerprint density at radius 1 is 1.09 bits per heavy atom. The lowest BCUT2D eigenvalue weighted by Crippen LogP contribution is -2.51. The molecule has 0 radical (unpaired) electrons. The minimum Gasteiger partial charge on any atom is -0.454 e. The number of rotatable bonds is 3. The van der Waals surface area contributed by atoms with Gasteiger partial charge < -0.3 is 24.6 Å². The second kappa shape index (κ2) is 6.13. The van der Waals surface area contributed by atoms with Gasteiger partial charge in [0.05, 0.1) is 6.54 Å². The Kier molecular flexibility index (Phi) is 4.04. The Morgan fingerprint density at radius 3 is 2.50 bits per heavy atom. The Hall–Kier alpha value is -2.44. The van der Waals surface area contributed by atoms with E-state index in [1.165, 1.54) is 0 Å². The molecule has 118 valence electrons. The van der Waals surface area contributed by atoms with Gasteiger partial charge in [0.1, 0.15) is 0 Å². The Labute approximate surface area is 128 Å². The van der Waals surface area contributed by atoms with Crippen LogP contribution in [0.5, 0.6) is 11.5 Å². The molecular weight excluding hydrogens is 286 g/mol. The van der Waals surface area contributed by atoms with E-state index in [1.807, 2.05) is 18.2 Å². The van der Waals surface area contributed by atoms with E-state index in [4.69, 9.17) is 9.47 Å². The number of fused-ring (bicyclic) bond motifs is 1. The van der Waals surface area contributed by atoms with Crippen LogP contribution in [-0.2, 0) is 9.59 Å². The van der Waals surface area contributed by atoms with Crippen LogP contribution in [0.3, 0.4) is 0 Å². The van der Waals surface area contributed by atoms with Gasteiger partial charge in [0.15, 0.2) is 11.5 Å². The molecule has 2 heterocycles. The zero-order chi connectivity index (χ0) is 15.5. The van der Waals surface area contributed by atoms with Crippen LogP contribution in [-0.4, -0.2) is 61.1 Å². The van der Waals surface area contributed by atoms with Crippen molar-refractivity contribution in [2.45, 2.75) is 6.92 Å². The third-order valence-electron chi connectivity index (χ3n) is 3.89. The molecule has 22 heavy (non-hydrogen) atoms. The molecule has 0 aromatic heterocycles. The van der Waals surface area contributed by atoms with Gasteiger partial charge in [0, 0.05) is 44.9 Å². The molecule has 2 amide bonds. The number of carbonyl (C=O) groups excluding carboxylic acids is 2. The zero-order valence-corrected chi connectivity index (χ0v) is 12.5. The quantitative estimate of drug-likeness (QED) is 0.881. The number of piperazine rings is 1. The number of anilines is 1. The highest BCUT2D eigenvalue weighted by atomic mass is 16.7. The molecular formula is C15H19N3O4. The van der Waals surface area contributed by atoms with Gasteiger partial charge in [-0.05, 0) is 12.1 Å². The van der Waals surface area contributed by atoms with E-state index in [9.17, 15) is 9.59 Å². The topological polar surface area (TPSA) is 71.1 Å². The summed E-state index contributed by atoms with van der Waals surface area (Å²) in [5.41, 5.74) is 0.819. The van der Waals surface area contributed by atoms with Gasteiger partial charge in [0.2, 0.25) is 18.6 Å². The largest absolute Gasteiger partial charge is 0.454 e. The van der Waals surface area contributed by atoms with Gasteiger partial charge in [-0.2, -0.15) is 0 Å². The zero-order valence-electron chi connectivity index (χ0n) is 12.5. The van der Waals surface area contributed by atoms with E-state index < -0.39 is 0 Å². The third-order valence-corrected chi connectivity index (χ3v) is 3.89. The number of amides is 2. The van der Waals surface area contributed by atoms with Crippen molar-refractivity contribution in [2.75, 3.05) is 44.8 Å². The first-order valence-corrected chi connectivity index (χ1v) is 7.30. The lowest BCUT2D eigenvalue weighted by atomic mass is 10.2. The van der Waals surface area contributed by atoms with Gasteiger partial charge >= 0.3 is 0 Å². The van der Waals surface area contributed by atoms with Gasteiger partial charge in [-0.15, -0.1) is 0 Å². The third kappa shape index (κ3) is 3.08. The van der Waals surface area contributed by atoms with Crippen LogP contribution in [0.4, 0.5) is 5.69 Å². The second-order valence-electron chi connectivity index (χ2n) is 5.31. The fourth-order valence-electron chi connectivity index (χ4n) is 2.57. The van der Waals surface area contributed by atoms with Gasteiger partial charge in [-0.25, -0.2) is 0 Å². The van der Waals surface area contributed by atoms with Crippen LogP contribution in [0, 0.1) is 0 Å². The van der Waals surface area contributed by atoms with Crippen LogP contribution in [0.25, 0.3) is 0 Å². The number of nitrogens with one attached hydrogen (secondary N) is 1. The maximum Gasteiger partial charge on any atom is 0.241 e. The van der Waals surface area contributed by atoms with Crippen LogP contribution in [0.2, 0.25) is 0 Å². The van der Waals surface area contributed by atoms with Gasteiger partial charge in [0.25, 0.3) is 0 Å². The number of ether oxygens (including phenoxy) is 2. The highest BCUT2D eigenvalue weighted by molar-refractivity contribution is 5.81. The average Bonchev–Trinajstić information content (AvgIpc) is 3.00. The van der Waals surface area contributed by atoms with E-state index in [0.29, 0.717) is 31.9 Å². The summed E-state index contributed by atoms with van der Waals surface area (Å²) in [5.74, 6) is 1.50. The van der Waals surface area contributed by atoms with Crippen molar-refractivity contribution in [1.29, 1.82) is 0 Å². The fraction of sp³-hybridized carbons (Fsp3) is 0.467. The fourth-order valence-corrected chi connectivity index (χ4v) is 2.57. The van der Waals surface area contributed by atoms with Crippen molar-refractivity contribution >= 4 is 17.5 Å². The van der Waals surface area contributed by atoms with Crippen molar-refractivity contribution in [1.82, 2.24) is 9.80 Å². The van der Waals surface area contributed by atoms with Crippen molar-refractivity contribution in [3.63, 3.8) is 0 Å². The molecule has 0 spiro atoms. The number of hydrogen-bond donors (Lipinski definition) is 1. The van der Waals surface area contributed by atoms with Crippen LogP contribution in [0.1, 0.15) is 6.92 Å². The summed E-state index contributed by atoms with van der Waals surface area (Å²) >= 11 is 0. The first kappa shape index (κ1) is 14.5. The summed E-state index contributed by atoms with van der Waals surface area (Å²) in [5, 5.41) is 3.10. The van der Waals surface area contributed by atoms with Crippen LogP contribution >= 0.6 is 0 Å². The first-order valence-electron chi connectivity index (χ1n) is 7.30. The summed E-state index contributed by atoms with van der Waals surface area (Å²) < 4.78 is 10.5. The molecule has 0 saturated carbocycles. The van der Waals surface area contributed by atoms with Crippen LogP contribution < -0.4 is 14.8 Å². The number of benzene rings is 1. The Balaban J connectivity index is 1.49. The van der Waals surface area contributed by atoms with Crippen molar-refractivity contribution in [3.05, 3.63) is 18.2 Å². The van der Waals surface area contributed by atoms with Crippen molar-refractivity contribution < 1.29 is 19.1 Å². The maximum absolute atomic E-state index is 12.2. The predicted molar refractivity (Wildman–Crippen MR) is 79.9 cm³/mol. The first-order chi connectivity index (χ1) is 10.6. The smallest absolute Gasteiger partial charge is 0.241 e. The highest BCUT2D eigenvalue weighted by Crippen LogP contribution is 2.34. The van der Waals surface area contributed by atoms with E-state index >= 15 is 0 Å². The normalized spacial score (nSPS) is 16.6. The molecule has 1 fully saturated rings. The molecule has 7 heteroatoms. The number of nitrogens with zero attached hydrogens (tertiary/aromatic N) is 2. The summed E-state index contributed by atoms with van der Waals surface area (Å²) in [6.07, 6.45) is 0. The SMILES string of the molecule is CC(=O)N1CCN(C(=O)CNc2ccc3c(c2)OCO3)CC1. The van der Waals surface area contributed by atoms with Gasteiger partial charge in [-0.3, -0.25) is 9.59 Å². The minimum absolute atomic E-state index is 0.0286. The summed E-state index contributed by atoms with van der Waals surface area (Å²) in [4.78, 5) is 27.0. The lowest BCUT2D eigenvalue weighted by Gasteiger charge is -2.34. The summed E-state index contributed by atoms with van der Waals surface area (Å²) in [6, 6.07) is 5.50. The molecule has 0 bridgehead atoms. The average molecular weight is 305 g/mol. The molecule has 0 unspecified atom stereocenters. The van der Waals surface area contributed by atoms with Crippen LogP contribution in [0.15, 0.2) is 18.2 Å². The molecule has 0 aliphatic carbocycles. The predicted octanol–water partition coefficient (Wildman–Crippen LogP) is 0.518. The molecule has 2 aliphatic rings. The van der Waals surface area contributed by atoms with E-state index in [1.54, 1.807) is 16.7 Å². The van der Waals surface area contributed by atoms with E-state index in [-0.39, 0.29) is 25.2 Å². The number of hydrogen-bond acceptors (Lipinski definition) is 5. The van der Waals surface area contributed by atoms with Crippen molar-refractivity contribution in [2.24, 2.45) is 0 Å². The van der Waals surface area contributed by atoms with E-state index in [0.717, 1.165) is 11.4 Å². The molecule has 0 atom stereocenters. The monoisotopic (exact) mass is 305 g/mol. The Bertz CT molecular complexity index is 582.